The Hall–Kier alpha value is -2.21. The van der Waals surface area contributed by atoms with Crippen LogP contribution in [0.3, 0.4) is 0 Å². The van der Waals surface area contributed by atoms with Gasteiger partial charge in [0.1, 0.15) is 5.82 Å². The Morgan fingerprint density at radius 1 is 0.882 bits per heavy atom. The average Bonchev–Trinajstić information content (AvgIpc) is 3.24. The molecule has 3 aromatic carbocycles. The van der Waals surface area contributed by atoms with Gasteiger partial charge in [-0.05, 0) is 71.8 Å². The topological polar surface area (TPSA) is 17.3 Å². The summed E-state index contributed by atoms with van der Waals surface area (Å²) in [6, 6.07) is 23.3. The van der Waals surface area contributed by atoms with Gasteiger partial charge in [0.2, 0.25) is 0 Å². The highest BCUT2D eigenvalue weighted by Crippen LogP contribution is 2.33. The molecule has 0 radical (unpaired) electrons. The maximum Gasteiger partial charge on any atom is 0.190 e. The lowest BCUT2D eigenvalue weighted by Crippen LogP contribution is -2.16. The van der Waals surface area contributed by atoms with Crippen LogP contribution in [0.2, 0.25) is 5.02 Å². The number of hydrogen-bond acceptors (Lipinski definition) is 2. The van der Waals surface area contributed by atoms with Crippen LogP contribution in [0.4, 0.5) is 10.1 Å². The number of aromatic nitrogens is 1. The largest absolute Gasteiger partial charge is 0.312 e. The van der Waals surface area contributed by atoms with Gasteiger partial charge >= 0.3 is 0 Å². The maximum atomic E-state index is 13.4. The second-order valence-electron chi connectivity index (χ2n) is 8.66. The summed E-state index contributed by atoms with van der Waals surface area (Å²) in [6.45, 7) is 0.681. The lowest BCUT2D eigenvalue weighted by Gasteiger charge is -2.22. The third-order valence-electron chi connectivity index (χ3n) is 6.39. The van der Waals surface area contributed by atoms with Crippen molar-refractivity contribution in [2.24, 2.45) is 4.99 Å². The molecule has 6 heteroatoms. The fraction of sp³-hybridized carbons (Fsp3) is 0.250. The summed E-state index contributed by atoms with van der Waals surface area (Å²) in [6.07, 6.45) is 6.65. The number of rotatable bonds is 5. The normalized spacial score (nSPS) is 14.7. The number of benzene rings is 3. The monoisotopic (exact) mass is 556 g/mol. The Labute approximate surface area is 219 Å². The highest BCUT2D eigenvalue weighted by Gasteiger charge is 2.16. The van der Waals surface area contributed by atoms with E-state index in [9.17, 15) is 4.39 Å². The standard InChI is InChI=1S/C28H26ClFN2S.BrH/c29-24-12-6-20(7-13-24)18-32-27(19-33-28(32)31-26-16-14-25(30)15-17-26)23-10-8-22(9-11-23)21-4-2-1-3-5-21;/h6-17,19,21H,1-5,18H2;1H. The second kappa shape index (κ2) is 11.5. The summed E-state index contributed by atoms with van der Waals surface area (Å²) >= 11 is 7.70. The van der Waals surface area contributed by atoms with Gasteiger partial charge in [0, 0.05) is 10.4 Å². The van der Waals surface area contributed by atoms with E-state index in [1.165, 1.54) is 55.4 Å². The van der Waals surface area contributed by atoms with Crippen molar-refractivity contribution >= 4 is 45.6 Å². The summed E-state index contributed by atoms with van der Waals surface area (Å²) in [5, 5.41) is 2.89. The van der Waals surface area contributed by atoms with E-state index in [0.29, 0.717) is 12.5 Å². The van der Waals surface area contributed by atoms with Gasteiger partial charge in [0.05, 0.1) is 17.9 Å². The maximum absolute atomic E-state index is 13.4. The van der Waals surface area contributed by atoms with Crippen LogP contribution in [0, 0.1) is 5.82 Å². The van der Waals surface area contributed by atoms with Crippen molar-refractivity contribution in [3.63, 3.8) is 0 Å². The van der Waals surface area contributed by atoms with Crippen LogP contribution < -0.4 is 4.80 Å². The molecule has 1 aromatic heterocycles. The van der Waals surface area contributed by atoms with Gasteiger partial charge in [0.25, 0.3) is 0 Å². The van der Waals surface area contributed by atoms with Gasteiger partial charge in [-0.15, -0.1) is 28.3 Å². The van der Waals surface area contributed by atoms with Crippen LogP contribution in [-0.2, 0) is 6.54 Å². The minimum atomic E-state index is -0.257. The zero-order chi connectivity index (χ0) is 22.6. The van der Waals surface area contributed by atoms with Gasteiger partial charge in [-0.1, -0.05) is 67.3 Å². The minimum Gasteiger partial charge on any atom is -0.312 e. The van der Waals surface area contributed by atoms with Crippen molar-refractivity contribution in [2.75, 3.05) is 0 Å². The predicted octanol–water partition coefficient (Wildman–Crippen LogP) is 8.92. The molecular formula is C28H27BrClFN2S. The Kier molecular flexibility index (Phi) is 8.41. The van der Waals surface area contributed by atoms with Crippen LogP contribution in [0.25, 0.3) is 11.3 Å². The highest BCUT2D eigenvalue weighted by atomic mass is 79.9. The summed E-state index contributed by atoms with van der Waals surface area (Å²) in [7, 11) is 0. The van der Waals surface area contributed by atoms with E-state index in [2.05, 4.69) is 34.2 Å². The zero-order valence-electron chi connectivity index (χ0n) is 18.8. The van der Waals surface area contributed by atoms with Gasteiger partial charge < -0.3 is 4.57 Å². The molecule has 1 heterocycles. The molecule has 0 bridgehead atoms. The molecule has 176 valence electrons. The number of hydrogen-bond donors (Lipinski definition) is 0. The quantitative estimate of drug-likeness (QED) is 0.233. The molecule has 4 aromatic rings. The third kappa shape index (κ3) is 5.88. The first kappa shape index (κ1) is 24.9. The van der Waals surface area contributed by atoms with Gasteiger partial charge in [-0.3, -0.25) is 0 Å². The SMILES string of the molecule is Br.Fc1ccc(N=c2scc(-c3ccc(C4CCCCC4)cc3)n2Cc2ccc(Cl)cc2)cc1. The average molecular weight is 558 g/mol. The Morgan fingerprint density at radius 2 is 1.56 bits per heavy atom. The molecular weight excluding hydrogens is 531 g/mol. The molecule has 1 aliphatic carbocycles. The molecule has 34 heavy (non-hydrogen) atoms. The second-order valence-corrected chi connectivity index (χ2v) is 9.93. The Bertz CT molecular complexity index is 1270. The third-order valence-corrected chi connectivity index (χ3v) is 7.50. The summed E-state index contributed by atoms with van der Waals surface area (Å²) in [5.41, 5.74) is 5.65. The highest BCUT2D eigenvalue weighted by molar-refractivity contribution is 8.93. The summed E-state index contributed by atoms with van der Waals surface area (Å²) < 4.78 is 15.6. The molecule has 0 atom stereocenters. The molecule has 5 rings (SSSR count). The van der Waals surface area contributed by atoms with Crippen LogP contribution in [0.5, 0.6) is 0 Å². The van der Waals surface area contributed by atoms with E-state index in [-0.39, 0.29) is 22.8 Å². The van der Waals surface area contributed by atoms with Crippen LogP contribution in [0.15, 0.2) is 83.2 Å². The van der Waals surface area contributed by atoms with Crippen molar-refractivity contribution in [2.45, 2.75) is 44.6 Å². The smallest absolute Gasteiger partial charge is 0.190 e. The number of thiazole rings is 1. The number of halogens is 3. The van der Waals surface area contributed by atoms with Crippen molar-refractivity contribution in [3.05, 3.63) is 105 Å². The first-order valence-electron chi connectivity index (χ1n) is 11.5. The molecule has 1 saturated carbocycles. The Balaban J connectivity index is 0.00000274. The first-order chi connectivity index (χ1) is 16.2. The van der Waals surface area contributed by atoms with E-state index in [1.54, 1.807) is 23.5 Å². The van der Waals surface area contributed by atoms with E-state index in [1.807, 2.05) is 24.3 Å². The van der Waals surface area contributed by atoms with Crippen molar-refractivity contribution < 1.29 is 4.39 Å². The van der Waals surface area contributed by atoms with Gasteiger partial charge in [0.15, 0.2) is 4.80 Å². The van der Waals surface area contributed by atoms with Crippen molar-refractivity contribution in [3.8, 4) is 11.3 Å². The fourth-order valence-electron chi connectivity index (χ4n) is 4.56. The molecule has 1 aliphatic rings. The van der Waals surface area contributed by atoms with Crippen molar-refractivity contribution in [1.29, 1.82) is 0 Å². The lowest BCUT2D eigenvalue weighted by atomic mass is 9.84. The van der Waals surface area contributed by atoms with Crippen molar-refractivity contribution in [1.82, 2.24) is 4.57 Å². The van der Waals surface area contributed by atoms with Crippen LogP contribution >= 0.6 is 39.9 Å². The molecule has 2 nitrogen and oxygen atoms in total. The molecule has 0 spiro atoms. The predicted molar refractivity (Wildman–Crippen MR) is 146 cm³/mol. The molecule has 0 amide bonds. The van der Waals surface area contributed by atoms with Crippen LogP contribution in [-0.4, -0.2) is 4.57 Å². The van der Waals surface area contributed by atoms with E-state index in [0.717, 1.165) is 26.8 Å². The Morgan fingerprint density at radius 3 is 2.24 bits per heavy atom. The molecule has 0 N–H and O–H groups in total. The molecule has 1 fully saturated rings. The van der Waals surface area contributed by atoms with E-state index in [4.69, 9.17) is 16.6 Å². The molecule has 0 saturated heterocycles. The minimum absolute atomic E-state index is 0. The molecule has 0 unspecified atom stereocenters. The zero-order valence-corrected chi connectivity index (χ0v) is 22.1. The molecule has 0 aliphatic heterocycles. The van der Waals surface area contributed by atoms with Crippen LogP contribution in [0.1, 0.15) is 49.1 Å². The van der Waals surface area contributed by atoms with Gasteiger partial charge in [-0.25, -0.2) is 9.38 Å². The number of nitrogens with zero attached hydrogens (tertiary/aromatic N) is 2. The first-order valence-corrected chi connectivity index (χ1v) is 12.7. The summed E-state index contributed by atoms with van der Waals surface area (Å²) in [4.78, 5) is 5.70. The van der Waals surface area contributed by atoms with E-state index >= 15 is 0 Å². The summed E-state index contributed by atoms with van der Waals surface area (Å²) in [5.74, 6) is 0.438. The lowest BCUT2D eigenvalue weighted by molar-refractivity contribution is 0.443. The van der Waals surface area contributed by atoms with Gasteiger partial charge in [-0.2, -0.15) is 0 Å². The van der Waals surface area contributed by atoms with E-state index < -0.39 is 0 Å². The fourth-order valence-corrected chi connectivity index (χ4v) is 5.62.